The first-order chi connectivity index (χ1) is 8.70. The van der Waals surface area contributed by atoms with Gasteiger partial charge in [-0.1, -0.05) is 0 Å². The summed E-state index contributed by atoms with van der Waals surface area (Å²) in [5, 5.41) is 11.8. The van der Waals surface area contributed by atoms with Crippen molar-refractivity contribution in [3.8, 4) is 0 Å². The van der Waals surface area contributed by atoms with Gasteiger partial charge in [0.1, 0.15) is 11.6 Å². The third-order valence-electron chi connectivity index (χ3n) is 3.25. The summed E-state index contributed by atoms with van der Waals surface area (Å²) >= 11 is 0. The van der Waals surface area contributed by atoms with Crippen LogP contribution in [0, 0.1) is 0 Å². The molecule has 2 atom stereocenters. The lowest BCUT2D eigenvalue weighted by Crippen LogP contribution is -2.52. The molecule has 0 saturated carbocycles. The molecule has 2 N–H and O–H groups in total. The van der Waals surface area contributed by atoms with Crippen LogP contribution in [0.3, 0.4) is 0 Å². The van der Waals surface area contributed by atoms with Crippen LogP contribution < -0.4 is 5.32 Å². The van der Waals surface area contributed by atoms with Crippen molar-refractivity contribution < 1.29 is 19.4 Å². The van der Waals surface area contributed by atoms with E-state index in [0.717, 1.165) is 12.8 Å². The Balaban J connectivity index is 2.44. The van der Waals surface area contributed by atoms with Crippen molar-refractivity contribution >= 4 is 12.1 Å². The van der Waals surface area contributed by atoms with E-state index in [-0.39, 0.29) is 6.04 Å². The number of carbonyl (C=O) groups is 2. The number of piperidine rings is 1. The number of likely N-dealkylation sites (tertiary alicyclic amines) is 1. The smallest absolute Gasteiger partial charge is 0.407 e. The van der Waals surface area contributed by atoms with Gasteiger partial charge in [0.2, 0.25) is 0 Å². The molecular formula is C13H24N2O4. The predicted octanol–water partition coefficient (Wildman–Crippen LogP) is 1.45. The van der Waals surface area contributed by atoms with E-state index in [2.05, 4.69) is 5.32 Å². The van der Waals surface area contributed by atoms with Gasteiger partial charge in [0.05, 0.1) is 0 Å². The van der Waals surface area contributed by atoms with E-state index in [1.54, 1.807) is 27.8 Å². The summed E-state index contributed by atoms with van der Waals surface area (Å²) in [6, 6.07) is -0.415. The summed E-state index contributed by atoms with van der Waals surface area (Å²) in [7, 11) is 1.79. The summed E-state index contributed by atoms with van der Waals surface area (Å²) < 4.78 is 5.15. The summed E-state index contributed by atoms with van der Waals surface area (Å²) in [5.41, 5.74) is -0.522. The third-order valence-corrected chi connectivity index (χ3v) is 3.25. The number of hydrogen-bond donors (Lipinski definition) is 2. The van der Waals surface area contributed by atoms with Crippen LogP contribution in [0.5, 0.6) is 0 Å². The SMILES string of the molecule is CN1C(CNC(=O)OC(C)(C)C)CCCC1C(=O)O. The van der Waals surface area contributed by atoms with Crippen LogP contribution in [0.25, 0.3) is 0 Å². The highest BCUT2D eigenvalue weighted by Gasteiger charge is 2.32. The summed E-state index contributed by atoms with van der Waals surface area (Å²) in [6.07, 6.45) is 1.95. The largest absolute Gasteiger partial charge is 0.480 e. The number of carboxylic acids is 1. The first-order valence-electron chi connectivity index (χ1n) is 6.62. The zero-order valence-corrected chi connectivity index (χ0v) is 12.1. The highest BCUT2D eigenvalue weighted by atomic mass is 16.6. The maximum absolute atomic E-state index is 11.6. The van der Waals surface area contributed by atoms with Gasteiger partial charge in [0.15, 0.2) is 0 Å². The second-order valence-electron chi connectivity index (χ2n) is 5.99. The molecule has 1 aliphatic heterocycles. The average Bonchev–Trinajstić information content (AvgIpc) is 2.24. The fourth-order valence-electron chi connectivity index (χ4n) is 2.27. The van der Waals surface area contributed by atoms with Crippen LogP contribution >= 0.6 is 0 Å². The normalized spacial score (nSPS) is 24.8. The van der Waals surface area contributed by atoms with Crippen LogP contribution in [0.15, 0.2) is 0 Å². The monoisotopic (exact) mass is 272 g/mol. The number of carbonyl (C=O) groups excluding carboxylic acids is 1. The van der Waals surface area contributed by atoms with Gasteiger partial charge in [0.25, 0.3) is 0 Å². The molecule has 2 unspecified atom stereocenters. The van der Waals surface area contributed by atoms with E-state index in [1.165, 1.54) is 0 Å². The van der Waals surface area contributed by atoms with Gasteiger partial charge in [-0.2, -0.15) is 0 Å². The standard InChI is InChI=1S/C13H24N2O4/c1-13(2,3)19-12(18)14-8-9-6-5-7-10(11(16)17)15(9)4/h9-10H,5-8H2,1-4H3,(H,14,18)(H,16,17). The van der Waals surface area contributed by atoms with E-state index in [9.17, 15) is 9.59 Å². The lowest BCUT2D eigenvalue weighted by atomic mass is 9.96. The summed E-state index contributed by atoms with van der Waals surface area (Å²) in [6.45, 7) is 5.83. The zero-order chi connectivity index (χ0) is 14.6. The second-order valence-corrected chi connectivity index (χ2v) is 5.99. The highest BCUT2D eigenvalue weighted by Crippen LogP contribution is 2.21. The maximum atomic E-state index is 11.6. The van der Waals surface area contributed by atoms with Crippen LogP contribution in [0.4, 0.5) is 4.79 Å². The molecule has 1 saturated heterocycles. The molecule has 110 valence electrons. The minimum atomic E-state index is -0.801. The lowest BCUT2D eigenvalue weighted by Gasteiger charge is -2.37. The van der Waals surface area contributed by atoms with E-state index < -0.39 is 23.7 Å². The second kappa shape index (κ2) is 6.23. The van der Waals surface area contributed by atoms with Crippen LogP contribution in [-0.4, -0.2) is 53.3 Å². The van der Waals surface area contributed by atoms with Crippen molar-refractivity contribution in [3.05, 3.63) is 0 Å². The van der Waals surface area contributed by atoms with Crippen molar-refractivity contribution in [2.24, 2.45) is 0 Å². The summed E-state index contributed by atoms with van der Waals surface area (Å²) in [4.78, 5) is 24.5. The number of rotatable bonds is 3. The average molecular weight is 272 g/mol. The van der Waals surface area contributed by atoms with Crippen molar-refractivity contribution in [1.29, 1.82) is 0 Å². The molecule has 1 amide bonds. The molecule has 1 rings (SSSR count). The van der Waals surface area contributed by atoms with Gasteiger partial charge >= 0.3 is 12.1 Å². The Kier molecular flexibility index (Phi) is 5.17. The maximum Gasteiger partial charge on any atom is 0.407 e. The first-order valence-corrected chi connectivity index (χ1v) is 6.62. The molecule has 6 heteroatoms. The minimum Gasteiger partial charge on any atom is -0.480 e. The fourth-order valence-corrected chi connectivity index (χ4v) is 2.27. The highest BCUT2D eigenvalue weighted by molar-refractivity contribution is 5.73. The molecule has 1 fully saturated rings. The molecule has 19 heavy (non-hydrogen) atoms. The Bertz CT molecular complexity index is 338. The van der Waals surface area contributed by atoms with Crippen molar-refractivity contribution in [2.75, 3.05) is 13.6 Å². The van der Waals surface area contributed by atoms with E-state index in [0.29, 0.717) is 13.0 Å². The molecule has 1 heterocycles. The molecule has 1 aliphatic rings. The molecule has 0 bridgehead atoms. The molecule has 0 aliphatic carbocycles. The number of hydrogen-bond acceptors (Lipinski definition) is 4. The van der Waals surface area contributed by atoms with E-state index in [4.69, 9.17) is 9.84 Å². The Morgan fingerprint density at radius 2 is 2.00 bits per heavy atom. The molecule has 6 nitrogen and oxygen atoms in total. The topological polar surface area (TPSA) is 78.9 Å². The van der Waals surface area contributed by atoms with E-state index >= 15 is 0 Å². The fraction of sp³-hybridized carbons (Fsp3) is 0.846. The Morgan fingerprint density at radius 3 is 2.53 bits per heavy atom. The third kappa shape index (κ3) is 5.06. The number of alkyl carbamates (subject to hydrolysis) is 1. The van der Waals surface area contributed by atoms with Gasteiger partial charge in [0, 0.05) is 12.6 Å². The minimum absolute atomic E-state index is 0.0439. The molecule has 0 aromatic carbocycles. The van der Waals surface area contributed by atoms with Crippen LogP contribution in [-0.2, 0) is 9.53 Å². The van der Waals surface area contributed by atoms with Crippen molar-refractivity contribution in [1.82, 2.24) is 10.2 Å². The van der Waals surface area contributed by atoms with Crippen molar-refractivity contribution in [3.63, 3.8) is 0 Å². The first kappa shape index (κ1) is 15.8. The predicted molar refractivity (Wildman–Crippen MR) is 71.1 cm³/mol. The Hall–Kier alpha value is -1.30. The number of nitrogens with zero attached hydrogens (tertiary/aromatic N) is 1. The zero-order valence-electron chi connectivity index (χ0n) is 12.1. The Labute approximate surface area is 114 Å². The number of ether oxygens (including phenoxy) is 1. The van der Waals surface area contributed by atoms with Gasteiger partial charge in [-0.25, -0.2) is 4.79 Å². The number of nitrogens with one attached hydrogen (secondary N) is 1. The van der Waals surface area contributed by atoms with Gasteiger partial charge in [-0.05, 0) is 47.1 Å². The number of amides is 1. The molecule has 0 spiro atoms. The van der Waals surface area contributed by atoms with Crippen molar-refractivity contribution in [2.45, 2.75) is 57.7 Å². The molecule has 0 radical (unpaired) electrons. The van der Waals surface area contributed by atoms with Gasteiger partial charge < -0.3 is 15.2 Å². The quantitative estimate of drug-likeness (QED) is 0.813. The number of carboxylic acid groups (broad SMARTS) is 1. The molecule has 0 aromatic rings. The number of likely N-dealkylation sites (N-methyl/N-ethyl adjacent to an activating group) is 1. The number of aliphatic carboxylic acids is 1. The van der Waals surface area contributed by atoms with E-state index in [1.807, 2.05) is 4.90 Å². The van der Waals surface area contributed by atoms with Gasteiger partial charge in [-0.15, -0.1) is 0 Å². The van der Waals surface area contributed by atoms with Crippen LogP contribution in [0.1, 0.15) is 40.0 Å². The molecular weight excluding hydrogens is 248 g/mol. The van der Waals surface area contributed by atoms with Crippen LogP contribution in [0.2, 0.25) is 0 Å². The lowest BCUT2D eigenvalue weighted by molar-refractivity contribution is -0.145. The summed E-state index contributed by atoms with van der Waals surface area (Å²) in [5.74, 6) is -0.801. The molecule has 0 aromatic heterocycles. The Morgan fingerprint density at radius 1 is 1.37 bits per heavy atom. The van der Waals surface area contributed by atoms with Gasteiger partial charge in [-0.3, -0.25) is 9.69 Å².